The summed E-state index contributed by atoms with van der Waals surface area (Å²) in [6, 6.07) is 51.2. The largest absolute Gasteiger partial charge is 0.507 e. The van der Waals surface area contributed by atoms with Crippen molar-refractivity contribution >= 4 is 264 Å². The van der Waals surface area contributed by atoms with Gasteiger partial charge in [-0.15, -0.1) is 61.4 Å². The molecule has 36 heteroatoms. The third kappa shape index (κ3) is 16.8. The molecule has 0 atom stereocenters. The van der Waals surface area contributed by atoms with Gasteiger partial charge < -0.3 is 30.6 Å². The minimum Gasteiger partial charge on any atom is -0.507 e. The molecule has 24 nitrogen and oxygen atoms in total. The van der Waals surface area contributed by atoms with Crippen LogP contribution in [0.3, 0.4) is 0 Å². The summed E-state index contributed by atoms with van der Waals surface area (Å²) in [5, 5.41) is 139. The number of hydrogen-bond donors (Lipinski definition) is 6. The van der Waals surface area contributed by atoms with Crippen molar-refractivity contribution in [3.05, 3.63) is 279 Å². The molecule has 1 aliphatic rings. The van der Waals surface area contributed by atoms with Gasteiger partial charge in [0.2, 0.25) is 30.8 Å². The number of azo groups is 6. The molecule has 0 aliphatic heterocycles. The summed E-state index contributed by atoms with van der Waals surface area (Å²) in [5.74, 6) is -1.55. The molecular formula is C84H48Cl6N18O6S6. The summed E-state index contributed by atoms with van der Waals surface area (Å²) in [5.41, 5.74) is 7.97. The van der Waals surface area contributed by atoms with Crippen molar-refractivity contribution in [3.63, 3.8) is 0 Å². The van der Waals surface area contributed by atoms with Crippen LogP contribution in [-0.2, 0) is 38.5 Å². The summed E-state index contributed by atoms with van der Waals surface area (Å²) in [4.78, 5) is 28.2. The Morgan fingerprint density at radius 2 is 0.325 bits per heavy atom. The highest BCUT2D eigenvalue weighted by Gasteiger charge is 2.26. The Hall–Kier alpha value is -11.9. The molecule has 0 unspecified atom stereocenters. The maximum atomic E-state index is 13.1. The first-order chi connectivity index (χ1) is 58.1. The minimum absolute atomic E-state index is 0.216. The van der Waals surface area contributed by atoms with E-state index in [4.69, 9.17) is 130 Å². The second-order valence-electron chi connectivity index (χ2n) is 27.6. The van der Waals surface area contributed by atoms with Crippen molar-refractivity contribution in [2.24, 2.45) is 61.4 Å². The van der Waals surface area contributed by atoms with Crippen molar-refractivity contribution < 1.29 is 30.6 Å². The van der Waals surface area contributed by atoms with Crippen molar-refractivity contribution in [3.8, 4) is 34.5 Å². The maximum absolute atomic E-state index is 13.1. The van der Waals surface area contributed by atoms with Crippen molar-refractivity contribution in [2.75, 3.05) is 0 Å². The van der Waals surface area contributed by atoms with E-state index in [2.05, 4.69) is 30.7 Å². The zero-order chi connectivity index (χ0) is 82.1. The predicted molar refractivity (Wildman–Crippen MR) is 478 cm³/mol. The van der Waals surface area contributed by atoms with Crippen LogP contribution in [0.25, 0.3) is 61.3 Å². The number of thiazole rings is 6. The standard InChI is InChI=1S/C84H48Cl6N18O6S6/c85-49-1-7-61-67(31-49)115-79(91-61)103-97-55-19-37-13-39-21-56(98-104-80-92-62-8-2-50(86)32-68(62)116-80)23-41(74(39)110)15-43-25-58(100-106-82-94-64-10-4-52(88)34-70(64)118-82)27-45(76(43)112)17-47-29-60(102-108-84-96-66-12-6-54(90)36-72(66)120-84)30-48(78(47)114)18-46-28-59(101-107-83-95-65-11-5-53(89)35-71(65)119-83)26-44(77(46)113)16-42-24-57(22-40(75(42)111)14-38(20-55)73(37)109)99-105-81-93-63-9-3-51(87)33-69(63)117-81/h1-12,19-36,109-114H,13-18H2. The Bertz CT molecular complexity index is 6220. The third-order valence-corrected chi connectivity index (χ3v) is 26.2. The normalized spacial score (nSPS) is 13.1. The van der Waals surface area contributed by atoms with Crippen LogP contribution in [0.15, 0.2) is 243 Å². The summed E-state index contributed by atoms with van der Waals surface area (Å²) in [6.45, 7) is 0. The fourth-order valence-electron chi connectivity index (χ4n) is 13.8. The van der Waals surface area contributed by atoms with E-state index in [1.54, 1.807) is 182 Å². The molecule has 12 aromatic carbocycles. The molecule has 6 aromatic heterocycles. The van der Waals surface area contributed by atoms with Gasteiger partial charge in [0, 0.05) is 135 Å². The molecule has 0 amide bonds. The Kier molecular flexibility index (Phi) is 21.2. The SMILES string of the molecule is Oc1c2cc(N=Nc3nc4ccc(Cl)cc4s3)cc1Cc1cc(N=Nc3nc4ccc(Cl)cc4s3)cc(c1O)Cc1cc(N=Nc3nc4ccc(Cl)cc4s3)cc(c1O)Cc1cc(N=Nc3nc4ccc(Cl)cc4s3)cc(c1O)Cc1cc(N=Nc3nc4ccc(Cl)cc4s3)cc(c1O)Cc1cc(N=Nc3nc4ccc(Cl)cc4s3)cc(c1O)C2. The number of benzene rings is 12. The van der Waals surface area contributed by atoms with Crippen LogP contribution < -0.4 is 0 Å². The van der Waals surface area contributed by atoms with Gasteiger partial charge in [0.25, 0.3) is 0 Å². The second-order valence-corrected chi connectivity index (χ2v) is 36.3. The van der Waals surface area contributed by atoms with E-state index in [1.807, 2.05) is 0 Å². The van der Waals surface area contributed by atoms with Gasteiger partial charge >= 0.3 is 0 Å². The molecule has 588 valence electrons. The number of aromatic hydroxyl groups is 6. The fraction of sp³-hybridized carbons (Fsp3) is 0.0714. The highest BCUT2D eigenvalue weighted by Crippen LogP contribution is 2.48. The summed E-state index contributed by atoms with van der Waals surface area (Å²) in [7, 11) is 0. The number of hydrogen-bond acceptors (Lipinski definition) is 30. The Morgan fingerprint density at radius 3 is 0.458 bits per heavy atom. The fourth-order valence-corrected chi connectivity index (χ4v) is 20.2. The van der Waals surface area contributed by atoms with Crippen LogP contribution in [0, 0.1) is 0 Å². The first kappa shape index (κ1) is 78.0. The lowest BCUT2D eigenvalue weighted by molar-refractivity contribution is 0.451. The van der Waals surface area contributed by atoms with Crippen molar-refractivity contribution in [1.29, 1.82) is 0 Å². The summed E-state index contributed by atoms with van der Waals surface area (Å²) in [6.07, 6.45) is -1.29. The highest BCUT2D eigenvalue weighted by molar-refractivity contribution is 7.23. The number of phenolic OH excluding ortho intramolecular Hbond substituents is 6. The zero-order valence-corrected chi connectivity index (χ0v) is 70.4. The van der Waals surface area contributed by atoms with Gasteiger partial charge in [0.1, 0.15) is 34.5 Å². The van der Waals surface area contributed by atoms with Gasteiger partial charge in [-0.25, -0.2) is 29.9 Å². The molecule has 0 saturated carbocycles. The zero-order valence-electron chi connectivity index (χ0n) is 61.0. The van der Waals surface area contributed by atoms with Crippen LogP contribution in [0.1, 0.15) is 66.8 Å². The van der Waals surface area contributed by atoms with E-state index in [0.29, 0.717) is 94.0 Å². The van der Waals surface area contributed by atoms with Gasteiger partial charge in [0.15, 0.2) is 0 Å². The summed E-state index contributed by atoms with van der Waals surface area (Å²) < 4.78 is 4.59. The molecule has 6 N–H and O–H groups in total. The Labute approximate surface area is 731 Å². The number of aromatic nitrogens is 6. The van der Waals surface area contributed by atoms with Crippen LogP contribution in [0.5, 0.6) is 34.5 Å². The molecule has 0 fully saturated rings. The molecule has 0 saturated heterocycles. The first-order valence-electron chi connectivity index (χ1n) is 36.1. The third-order valence-electron chi connectivity index (χ3n) is 19.3. The molecule has 6 heterocycles. The number of phenols is 6. The van der Waals surface area contributed by atoms with Gasteiger partial charge in [-0.05, 0) is 182 Å². The molecular weight excluding hydrogens is 1760 g/mol. The highest BCUT2D eigenvalue weighted by atomic mass is 35.5. The topological polar surface area (TPSA) is 347 Å². The molecule has 0 spiro atoms. The number of halogens is 6. The molecule has 19 rings (SSSR count). The van der Waals surface area contributed by atoms with Gasteiger partial charge in [-0.3, -0.25) is 0 Å². The number of rotatable bonds is 12. The number of nitrogens with zero attached hydrogens (tertiary/aromatic N) is 18. The first-order valence-corrected chi connectivity index (χ1v) is 43.3. The average molecular weight is 1810 g/mol. The van der Waals surface area contributed by atoms with Gasteiger partial charge in [0.05, 0.1) is 95.4 Å². The molecule has 18 aromatic rings. The lowest BCUT2D eigenvalue weighted by Gasteiger charge is -2.18. The quantitative estimate of drug-likeness (QED) is 0.0622. The molecule has 0 radical (unpaired) electrons. The Balaban J connectivity index is 0.822. The van der Waals surface area contributed by atoms with Crippen LogP contribution in [-0.4, -0.2) is 60.5 Å². The van der Waals surface area contributed by atoms with Crippen LogP contribution >= 0.6 is 138 Å². The molecule has 12 bridgehead atoms. The number of fused-ring (bicyclic) bond motifs is 18. The van der Waals surface area contributed by atoms with E-state index in [1.165, 1.54) is 68.0 Å². The summed E-state index contributed by atoms with van der Waals surface area (Å²) >= 11 is 46.1. The molecule has 1 aliphatic carbocycles. The van der Waals surface area contributed by atoms with Crippen molar-refractivity contribution in [2.45, 2.75) is 38.5 Å². The Morgan fingerprint density at radius 1 is 0.192 bits per heavy atom. The monoisotopic (exact) mass is 1810 g/mol. The van der Waals surface area contributed by atoms with Gasteiger partial charge in [-0.1, -0.05) is 138 Å². The lowest BCUT2D eigenvalue weighted by Crippen LogP contribution is -2.01. The smallest absolute Gasteiger partial charge is 0.231 e. The molecule has 120 heavy (non-hydrogen) atoms. The van der Waals surface area contributed by atoms with E-state index < -0.39 is 0 Å². The van der Waals surface area contributed by atoms with Gasteiger partial charge in [-0.2, -0.15) is 0 Å². The van der Waals surface area contributed by atoms with E-state index in [0.717, 1.165) is 28.2 Å². The second kappa shape index (κ2) is 32.7. The maximum Gasteiger partial charge on any atom is 0.231 e. The van der Waals surface area contributed by atoms with Crippen LogP contribution in [0.4, 0.5) is 64.9 Å². The van der Waals surface area contributed by atoms with E-state index >= 15 is 0 Å². The van der Waals surface area contributed by atoms with E-state index in [-0.39, 0.29) is 174 Å². The van der Waals surface area contributed by atoms with Crippen molar-refractivity contribution in [1.82, 2.24) is 29.9 Å². The minimum atomic E-state index is -0.258. The average Bonchev–Trinajstić information content (AvgIpc) is 1.10. The van der Waals surface area contributed by atoms with E-state index in [9.17, 15) is 30.6 Å². The van der Waals surface area contributed by atoms with Crippen LogP contribution in [0.2, 0.25) is 30.1 Å². The lowest BCUT2D eigenvalue weighted by atomic mass is 9.90. The predicted octanol–water partition coefficient (Wildman–Crippen LogP) is 29.8.